The number of hydrogen-bond acceptors (Lipinski definition) is 4. The van der Waals surface area contributed by atoms with Crippen molar-refractivity contribution >= 4 is 49.9 Å². The number of rotatable bonds is 7. The van der Waals surface area contributed by atoms with E-state index in [1.165, 1.54) is 30.3 Å². The van der Waals surface area contributed by atoms with Crippen LogP contribution in [0.5, 0.6) is 0 Å². The molecule has 0 atom stereocenters. The number of carbonyl (C=O) groups is 1. The number of hydrazone groups is 1. The fourth-order valence-electron chi connectivity index (χ4n) is 2.74. The van der Waals surface area contributed by atoms with Gasteiger partial charge in [0.15, 0.2) is 0 Å². The largest absolute Gasteiger partial charge is 0.271 e. The van der Waals surface area contributed by atoms with E-state index in [0.29, 0.717) is 5.71 Å². The van der Waals surface area contributed by atoms with Gasteiger partial charge < -0.3 is 0 Å². The number of amides is 1. The molecule has 0 aliphatic rings. The van der Waals surface area contributed by atoms with Crippen LogP contribution in [0.25, 0.3) is 0 Å². The van der Waals surface area contributed by atoms with Gasteiger partial charge in [-0.3, -0.25) is 9.10 Å². The standard InChI is InChI=1S/C22H19FIN3O3S/c1-16(17-11-13-18(24)14-12-17)25-26-22(28)15-27(21-10-6-5-9-20(21)23)31(29,30)19-7-3-2-4-8-19/h2-14H,15H2,1H3,(H,26,28)/b25-16-. The van der Waals surface area contributed by atoms with Crippen LogP contribution in [0.1, 0.15) is 12.5 Å². The zero-order valence-corrected chi connectivity index (χ0v) is 19.5. The van der Waals surface area contributed by atoms with Crippen LogP contribution >= 0.6 is 22.6 Å². The Balaban J connectivity index is 1.87. The number of halogens is 2. The highest BCUT2D eigenvalue weighted by molar-refractivity contribution is 14.1. The van der Waals surface area contributed by atoms with Crippen molar-refractivity contribution in [1.29, 1.82) is 0 Å². The number of benzene rings is 3. The Hall–Kier alpha value is -2.79. The van der Waals surface area contributed by atoms with Crippen molar-refractivity contribution in [3.8, 4) is 0 Å². The van der Waals surface area contributed by atoms with Gasteiger partial charge in [0.05, 0.1) is 16.3 Å². The molecular weight excluding hydrogens is 532 g/mol. The van der Waals surface area contributed by atoms with E-state index in [-0.39, 0.29) is 10.6 Å². The number of anilines is 1. The second kappa shape index (κ2) is 10.0. The minimum atomic E-state index is -4.18. The van der Waals surface area contributed by atoms with Gasteiger partial charge in [-0.25, -0.2) is 18.2 Å². The lowest BCUT2D eigenvalue weighted by Gasteiger charge is -2.24. The number of sulfonamides is 1. The van der Waals surface area contributed by atoms with Crippen molar-refractivity contribution in [2.45, 2.75) is 11.8 Å². The monoisotopic (exact) mass is 551 g/mol. The molecule has 3 aromatic rings. The summed E-state index contributed by atoms with van der Waals surface area (Å²) in [5, 5.41) is 4.05. The average Bonchev–Trinajstić information content (AvgIpc) is 2.77. The molecule has 0 aliphatic heterocycles. The Morgan fingerprint density at radius 1 is 1.00 bits per heavy atom. The minimum absolute atomic E-state index is 0.0513. The van der Waals surface area contributed by atoms with Gasteiger partial charge in [0.2, 0.25) is 0 Å². The van der Waals surface area contributed by atoms with Crippen molar-refractivity contribution in [3.63, 3.8) is 0 Å². The van der Waals surface area contributed by atoms with Crippen LogP contribution in [0, 0.1) is 9.39 Å². The highest BCUT2D eigenvalue weighted by Gasteiger charge is 2.28. The molecule has 0 saturated carbocycles. The number of carbonyl (C=O) groups excluding carboxylic acids is 1. The van der Waals surface area contributed by atoms with Crippen LogP contribution in [0.4, 0.5) is 10.1 Å². The number of nitrogens with zero attached hydrogens (tertiary/aromatic N) is 2. The Bertz CT molecular complexity index is 1200. The van der Waals surface area contributed by atoms with Gasteiger partial charge in [0, 0.05) is 3.57 Å². The van der Waals surface area contributed by atoms with Gasteiger partial charge in [-0.15, -0.1) is 0 Å². The zero-order chi connectivity index (χ0) is 22.4. The normalized spacial score (nSPS) is 11.8. The molecule has 0 bridgehead atoms. The van der Waals surface area contributed by atoms with Crippen molar-refractivity contribution in [2.24, 2.45) is 5.10 Å². The molecule has 1 N–H and O–H groups in total. The van der Waals surface area contributed by atoms with Crippen LogP contribution < -0.4 is 9.73 Å². The summed E-state index contributed by atoms with van der Waals surface area (Å²) in [4.78, 5) is 12.5. The Morgan fingerprint density at radius 2 is 1.61 bits per heavy atom. The molecule has 0 spiro atoms. The third-order valence-corrected chi connectivity index (χ3v) is 6.84. The third-order valence-electron chi connectivity index (χ3n) is 4.35. The fourth-order valence-corrected chi connectivity index (χ4v) is 4.55. The predicted molar refractivity (Wildman–Crippen MR) is 127 cm³/mol. The molecule has 160 valence electrons. The van der Waals surface area contributed by atoms with Crippen LogP contribution in [0.3, 0.4) is 0 Å². The summed E-state index contributed by atoms with van der Waals surface area (Å²) < 4.78 is 42.5. The van der Waals surface area contributed by atoms with Gasteiger partial charge in [-0.2, -0.15) is 5.10 Å². The molecule has 0 aliphatic carbocycles. The highest BCUT2D eigenvalue weighted by Crippen LogP contribution is 2.25. The second-order valence-corrected chi connectivity index (χ2v) is 9.62. The first-order valence-electron chi connectivity index (χ1n) is 9.20. The lowest BCUT2D eigenvalue weighted by Crippen LogP contribution is -2.40. The Kier molecular flexibility index (Phi) is 7.39. The molecule has 6 nitrogen and oxygen atoms in total. The first-order valence-corrected chi connectivity index (χ1v) is 11.7. The summed E-state index contributed by atoms with van der Waals surface area (Å²) in [6.07, 6.45) is 0. The van der Waals surface area contributed by atoms with E-state index in [1.807, 2.05) is 24.3 Å². The summed E-state index contributed by atoms with van der Waals surface area (Å²) in [5.41, 5.74) is 3.49. The summed E-state index contributed by atoms with van der Waals surface area (Å²) in [5.74, 6) is -1.46. The Morgan fingerprint density at radius 3 is 2.26 bits per heavy atom. The average molecular weight is 551 g/mol. The summed E-state index contributed by atoms with van der Waals surface area (Å²) in [6.45, 7) is 1.08. The maximum atomic E-state index is 14.4. The van der Waals surface area contributed by atoms with Crippen molar-refractivity contribution in [3.05, 3.63) is 93.8 Å². The number of hydrogen-bond donors (Lipinski definition) is 1. The highest BCUT2D eigenvalue weighted by atomic mass is 127. The lowest BCUT2D eigenvalue weighted by atomic mass is 10.1. The van der Waals surface area contributed by atoms with E-state index in [1.54, 1.807) is 25.1 Å². The molecule has 0 aromatic heterocycles. The Labute approximate surface area is 194 Å². The molecular formula is C22H19FIN3O3S. The lowest BCUT2D eigenvalue weighted by molar-refractivity contribution is -0.119. The predicted octanol–water partition coefficient (Wildman–Crippen LogP) is 4.17. The smallest absolute Gasteiger partial charge is 0.264 e. The van der Waals surface area contributed by atoms with E-state index in [9.17, 15) is 17.6 Å². The van der Waals surface area contributed by atoms with Gasteiger partial charge in [-0.05, 0) is 71.5 Å². The maximum Gasteiger partial charge on any atom is 0.264 e. The van der Waals surface area contributed by atoms with Crippen molar-refractivity contribution in [1.82, 2.24) is 5.43 Å². The fraction of sp³-hybridized carbons (Fsp3) is 0.0909. The molecule has 3 aromatic carbocycles. The van der Waals surface area contributed by atoms with E-state index in [2.05, 4.69) is 33.1 Å². The number of nitrogens with one attached hydrogen (secondary N) is 1. The van der Waals surface area contributed by atoms with Gasteiger partial charge >= 0.3 is 0 Å². The summed E-state index contributed by atoms with van der Waals surface area (Å²) in [7, 11) is -4.18. The quantitative estimate of drug-likeness (QED) is 0.272. The van der Waals surface area contributed by atoms with E-state index < -0.39 is 28.3 Å². The van der Waals surface area contributed by atoms with Crippen LogP contribution in [-0.2, 0) is 14.8 Å². The van der Waals surface area contributed by atoms with Gasteiger partial charge in [0.25, 0.3) is 15.9 Å². The molecule has 9 heteroatoms. The molecule has 0 fully saturated rings. The molecule has 0 radical (unpaired) electrons. The van der Waals surface area contributed by atoms with Crippen molar-refractivity contribution < 1.29 is 17.6 Å². The topological polar surface area (TPSA) is 78.8 Å². The first-order chi connectivity index (χ1) is 14.8. The van der Waals surface area contributed by atoms with Gasteiger partial charge in [0.1, 0.15) is 12.4 Å². The maximum absolute atomic E-state index is 14.4. The first kappa shape index (κ1) is 22.9. The van der Waals surface area contributed by atoms with Crippen LogP contribution in [0.15, 0.2) is 88.9 Å². The van der Waals surface area contributed by atoms with Crippen LogP contribution in [-0.4, -0.2) is 26.6 Å². The van der Waals surface area contributed by atoms with E-state index in [0.717, 1.165) is 19.5 Å². The molecule has 0 unspecified atom stereocenters. The van der Waals surface area contributed by atoms with Crippen LogP contribution in [0.2, 0.25) is 0 Å². The van der Waals surface area contributed by atoms with Gasteiger partial charge in [-0.1, -0.05) is 42.5 Å². The summed E-state index contributed by atoms with van der Waals surface area (Å²) in [6, 6.07) is 20.5. The molecule has 0 heterocycles. The van der Waals surface area contributed by atoms with E-state index in [4.69, 9.17) is 0 Å². The second-order valence-electron chi connectivity index (χ2n) is 6.52. The number of para-hydroxylation sites is 1. The summed E-state index contributed by atoms with van der Waals surface area (Å²) >= 11 is 2.18. The van der Waals surface area contributed by atoms with Crippen molar-refractivity contribution in [2.75, 3.05) is 10.8 Å². The third kappa shape index (κ3) is 5.67. The minimum Gasteiger partial charge on any atom is -0.271 e. The molecule has 3 rings (SSSR count). The molecule has 0 saturated heterocycles. The van der Waals surface area contributed by atoms with E-state index >= 15 is 0 Å². The molecule has 1 amide bonds. The SMILES string of the molecule is C/C(=N/NC(=O)CN(c1ccccc1F)S(=O)(=O)c1ccccc1)c1ccc(I)cc1. The zero-order valence-electron chi connectivity index (χ0n) is 16.5. The molecule has 31 heavy (non-hydrogen) atoms.